The van der Waals surface area contributed by atoms with Crippen LogP contribution in [0.25, 0.3) is 0 Å². The fraction of sp³-hybridized carbons (Fsp3) is 0.172. The molecule has 1 atom stereocenters. The molecule has 1 aliphatic heterocycles. The van der Waals surface area contributed by atoms with Gasteiger partial charge < -0.3 is 14.6 Å². The number of Topliss-reactive ketones (excluding diaryl/α,β-unsaturated/α-hetero) is 1. The van der Waals surface area contributed by atoms with Crippen LogP contribution in [0.5, 0.6) is 11.5 Å². The average molecular weight is 592 g/mol. The largest absolute Gasteiger partial charge is 0.503 e. The minimum Gasteiger partial charge on any atom is -0.503 e. The maximum absolute atomic E-state index is 13.6. The molecular formula is C29H25N3O5S3. The summed E-state index contributed by atoms with van der Waals surface area (Å²) in [6, 6.07) is 17.6. The number of amides is 1. The van der Waals surface area contributed by atoms with Crippen molar-refractivity contribution in [1.82, 2.24) is 10.2 Å². The molecule has 1 unspecified atom stereocenters. The third kappa shape index (κ3) is 5.67. The minimum atomic E-state index is -0.949. The number of aromatic nitrogens is 2. The van der Waals surface area contributed by atoms with E-state index in [9.17, 15) is 14.7 Å². The number of hydrogen-bond donors (Lipinski definition) is 1. The number of carbonyl (C=O) groups excluding carboxylic acids is 2. The van der Waals surface area contributed by atoms with E-state index in [1.807, 2.05) is 37.3 Å². The zero-order chi connectivity index (χ0) is 28.1. The van der Waals surface area contributed by atoms with Gasteiger partial charge >= 0.3 is 0 Å². The SMILES string of the molecule is C=CCOc1ccc(C2C(C(=O)c3cccs3)=C(O)C(=O)N2c2nnc(SCc3ccccc3)s2)cc1OCC. The number of rotatable bonds is 12. The van der Waals surface area contributed by atoms with E-state index >= 15 is 0 Å². The van der Waals surface area contributed by atoms with Crippen LogP contribution >= 0.6 is 34.4 Å². The quantitative estimate of drug-likeness (QED) is 0.0847. The Kier molecular flexibility index (Phi) is 8.63. The van der Waals surface area contributed by atoms with Crippen LogP contribution in [-0.4, -0.2) is 40.2 Å². The number of anilines is 1. The maximum atomic E-state index is 13.6. The van der Waals surface area contributed by atoms with Crippen molar-refractivity contribution >= 4 is 51.3 Å². The molecule has 0 radical (unpaired) electrons. The molecule has 3 heterocycles. The lowest BCUT2D eigenvalue weighted by molar-refractivity contribution is -0.117. The lowest BCUT2D eigenvalue weighted by atomic mass is 9.95. The van der Waals surface area contributed by atoms with E-state index in [1.54, 1.807) is 41.8 Å². The molecule has 5 rings (SSSR count). The number of nitrogens with zero attached hydrogens (tertiary/aromatic N) is 3. The van der Waals surface area contributed by atoms with Crippen molar-refractivity contribution in [2.24, 2.45) is 0 Å². The first-order valence-corrected chi connectivity index (χ1v) is 15.1. The fourth-order valence-electron chi connectivity index (χ4n) is 4.20. The summed E-state index contributed by atoms with van der Waals surface area (Å²) < 4.78 is 12.2. The second-order valence-corrected chi connectivity index (χ2v) is 11.6. The smallest absolute Gasteiger partial charge is 0.296 e. The first-order chi connectivity index (χ1) is 19.5. The molecule has 1 N–H and O–H groups in total. The number of thioether (sulfide) groups is 1. The molecule has 0 fully saturated rings. The van der Waals surface area contributed by atoms with Gasteiger partial charge in [0.25, 0.3) is 5.91 Å². The van der Waals surface area contributed by atoms with Crippen LogP contribution in [0.2, 0.25) is 0 Å². The van der Waals surface area contributed by atoms with Gasteiger partial charge in [-0.3, -0.25) is 14.5 Å². The highest BCUT2D eigenvalue weighted by molar-refractivity contribution is 8.00. The number of hydrogen-bond acceptors (Lipinski definition) is 10. The Morgan fingerprint density at radius 3 is 2.67 bits per heavy atom. The minimum absolute atomic E-state index is 0.0247. The second-order valence-electron chi connectivity index (χ2n) is 8.51. The van der Waals surface area contributed by atoms with Crippen molar-refractivity contribution in [2.75, 3.05) is 18.1 Å². The monoisotopic (exact) mass is 591 g/mol. The Balaban J connectivity index is 1.54. The standard InChI is InChI=1S/C29H25N3O5S3/c1-3-14-37-20-13-12-19(16-21(20)36-4-2)24-23(25(33)22-11-8-15-38-22)26(34)27(35)32(24)28-30-31-29(40-28)39-17-18-9-6-5-7-10-18/h3,5-13,15-16,24,34H,1,4,14,17H2,2H3. The topological polar surface area (TPSA) is 102 Å². The molecule has 0 saturated heterocycles. The van der Waals surface area contributed by atoms with Gasteiger partial charge in [-0.15, -0.1) is 21.5 Å². The van der Waals surface area contributed by atoms with E-state index < -0.39 is 23.5 Å². The first-order valence-electron chi connectivity index (χ1n) is 12.4. The summed E-state index contributed by atoms with van der Waals surface area (Å²) in [5.41, 5.74) is 1.66. The highest BCUT2D eigenvalue weighted by atomic mass is 32.2. The molecule has 0 bridgehead atoms. The Bertz CT molecular complexity index is 1550. The summed E-state index contributed by atoms with van der Waals surface area (Å²) in [6.45, 7) is 6.19. The molecule has 1 aliphatic rings. The van der Waals surface area contributed by atoms with E-state index in [-0.39, 0.29) is 17.3 Å². The van der Waals surface area contributed by atoms with Crippen LogP contribution in [0.3, 0.4) is 0 Å². The number of benzene rings is 2. The van der Waals surface area contributed by atoms with Crippen molar-refractivity contribution < 1.29 is 24.2 Å². The van der Waals surface area contributed by atoms with Crippen molar-refractivity contribution in [2.45, 2.75) is 23.1 Å². The van der Waals surface area contributed by atoms with Crippen molar-refractivity contribution in [3.63, 3.8) is 0 Å². The lowest BCUT2D eigenvalue weighted by Gasteiger charge is -2.25. The predicted molar refractivity (Wildman–Crippen MR) is 158 cm³/mol. The molecule has 2 aromatic heterocycles. The van der Waals surface area contributed by atoms with Crippen LogP contribution in [0.4, 0.5) is 5.13 Å². The highest BCUT2D eigenvalue weighted by Crippen LogP contribution is 2.45. The van der Waals surface area contributed by atoms with Gasteiger partial charge in [0, 0.05) is 5.75 Å². The van der Waals surface area contributed by atoms with E-state index in [4.69, 9.17) is 9.47 Å². The summed E-state index contributed by atoms with van der Waals surface area (Å²) >= 11 is 3.96. The van der Waals surface area contributed by atoms with Gasteiger partial charge in [-0.25, -0.2) is 0 Å². The molecule has 1 amide bonds. The van der Waals surface area contributed by atoms with E-state index in [2.05, 4.69) is 16.8 Å². The summed E-state index contributed by atoms with van der Waals surface area (Å²) in [7, 11) is 0. The zero-order valence-corrected chi connectivity index (χ0v) is 23.9. The number of thiophene rings is 1. The van der Waals surface area contributed by atoms with Gasteiger partial charge in [0.15, 0.2) is 21.6 Å². The molecule has 0 saturated carbocycles. The van der Waals surface area contributed by atoms with E-state index in [1.165, 1.54) is 39.3 Å². The number of aliphatic hydroxyl groups is 1. The van der Waals surface area contributed by atoms with Crippen LogP contribution in [0.1, 0.15) is 33.8 Å². The van der Waals surface area contributed by atoms with Crippen molar-refractivity contribution in [3.05, 3.63) is 106 Å². The Morgan fingerprint density at radius 1 is 1.12 bits per heavy atom. The van der Waals surface area contributed by atoms with Crippen LogP contribution in [0.15, 0.2) is 94.4 Å². The third-order valence-corrected chi connectivity index (χ3v) is 8.94. The molecule has 8 nitrogen and oxygen atoms in total. The van der Waals surface area contributed by atoms with Crippen molar-refractivity contribution in [3.8, 4) is 11.5 Å². The van der Waals surface area contributed by atoms with Gasteiger partial charge in [-0.05, 0) is 41.6 Å². The van der Waals surface area contributed by atoms with Gasteiger partial charge in [-0.1, -0.05) is 78.2 Å². The van der Waals surface area contributed by atoms with Crippen molar-refractivity contribution in [1.29, 1.82) is 0 Å². The molecule has 40 heavy (non-hydrogen) atoms. The van der Waals surface area contributed by atoms with Crippen LogP contribution < -0.4 is 14.4 Å². The Hall–Kier alpha value is -3.93. The van der Waals surface area contributed by atoms with Gasteiger partial charge in [0.05, 0.1) is 23.1 Å². The molecule has 0 spiro atoms. The molecular weight excluding hydrogens is 567 g/mol. The first kappa shape index (κ1) is 27.6. The number of ether oxygens (including phenoxy) is 2. The molecule has 204 valence electrons. The normalized spacial score (nSPS) is 15.0. The fourth-order valence-corrected chi connectivity index (χ4v) is 6.70. The van der Waals surface area contributed by atoms with Gasteiger partial charge in [0.1, 0.15) is 6.61 Å². The summed E-state index contributed by atoms with van der Waals surface area (Å²) in [5, 5.41) is 21.7. The Morgan fingerprint density at radius 2 is 1.95 bits per heavy atom. The summed E-state index contributed by atoms with van der Waals surface area (Å²) in [4.78, 5) is 28.9. The zero-order valence-electron chi connectivity index (χ0n) is 21.5. The van der Waals surface area contributed by atoms with E-state index in [0.717, 1.165) is 5.56 Å². The summed E-state index contributed by atoms with van der Waals surface area (Å²) in [5.74, 6) is -0.132. The highest BCUT2D eigenvalue weighted by Gasteiger charge is 2.46. The number of carbonyl (C=O) groups is 2. The van der Waals surface area contributed by atoms with Crippen LogP contribution in [0, 0.1) is 0 Å². The van der Waals surface area contributed by atoms with Crippen LogP contribution in [-0.2, 0) is 10.5 Å². The molecule has 11 heteroatoms. The number of aliphatic hydroxyl groups excluding tert-OH is 1. The van der Waals surface area contributed by atoms with Gasteiger partial charge in [-0.2, -0.15) is 0 Å². The predicted octanol–water partition coefficient (Wildman–Crippen LogP) is 6.64. The summed E-state index contributed by atoms with van der Waals surface area (Å²) in [6.07, 6.45) is 1.63. The maximum Gasteiger partial charge on any atom is 0.296 e. The molecule has 2 aromatic carbocycles. The van der Waals surface area contributed by atoms with Gasteiger partial charge in [0.2, 0.25) is 10.9 Å². The lowest BCUT2D eigenvalue weighted by Crippen LogP contribution is -2.31. The molecule has 4 aromatic rings. The average Bonchev–Trinajstić information content (AvgIpc) is 3.73. The van der Waals surface area contributed by atoms with E-state index in [0.29, 0.717) is 38.6 Å². The molecule has 0 aliphatic carbocycles. The second kappa shape index (κ2) is 12.5. The third-order valence-electron chi connectivity index (χ3n) is 5.94. The number of ketones is 1. The Labute approximate surface area is 243 Å².